The van der Waals surface area contributed by atoms with Crippen LogP contribution in [-0.4, -0.2) is 22.2 Å². The van der Waals surface area contributed by atoms with E-state index in [0.717, 1.165) is 12.1 Å². The monoisotopic (exact) mass is 345 g/mol. The highest BCUT2D eigenvalue weighted by atomic mass is 35.5. The van der Waals surface area contributed by atoms with Crippen molar-refractivity contribution >= 4 is 40.7 Å². The summed E-state index contributed by atoms with van der Waals surface area (Å²) < 4.78 is 1.76. The number of aryl methyl sites for hydroxylation is 2. The average molecular weight is 347 g/mol. The lowest BCUT2D eigenvalue weighted by Crippen LogP contribution is -2.25. The maximum absolute atomic E-state index is 12.0. The van der Waals surface area contributed by atoms with E-state index in [-0.39, 0.29) is 10.9 Å². The van der Waals surface area contributed by atoms with Crippen LogP contribution >= 0.6 is 34.8 Å². The molecule has 4 nitrogen and oxygen atoms in total. The second-order valence-electron chi connectivity index (χ2n) is 4.54. The number of halogens is 3. The van der Waals surface area contributed by atoms with E-state index in [1.54, 1.807) is 29.1 Å². The lowest BCUT2D eigenvalue weighted by molar-refractivity contribution is 0.0952. The Morgan fingerprint density at radius 1 is 1.29 bits per heavy atom. The molecule has 7 heteroatoms. The van der Waals surface area contributed by atoms with Crippen molar-refractivity contribution in [3.05, 3.63) is 50.7 Å². The first kappa shape index (κ1) is 16.1. The highest BCUT2D eigenvalue weighted by Crippen LogP contribution is 2.25. The van der Waals surface area contributed by atoms with Gasteiger partial charge in [-0.15, -0.1) is 0 Å². The van der Waals surface area contributed by atoms with Gasteiger partial charge in [-0.1, -0.05) is 40.9 Å². The van der Waals surface area contributed by atoms with Gasteiger partial charge in [-0.05, 0) is 25.5 Å². The van der Waals surface area contributed by atoms with E-state index in [9.17, 15) is 4.79 Å². The van der Waals surface area contributed by atoms with Crippen LogP contribution in [0.1, 0.15) is 22.5 Å². The van der Waals surface area contributed by atoms with Crippen LogP contribution < -0.4 is 5.32 Å². The zero-order valence-corrected chi connectivity index (χ0v) is 13.6. The fourth-order valence-corrected chi connectivity index (χ4v) is 2.36. The van der Waals surface area contributed by atoms with Crippen molar-refractivity contribution in [2.24, 2.45) is 0 Å². The molecule has 1 aromatic heterocycles. The van der Waals surface area contributed by atoms with Crippen LogP contribution in [0.25, 0.3) is 0 Å². The Labute approximate surface area is 138 Å². The number of nitrogens with one attached hydrogen (secondary N) is 1. The lowest BCUT2D eigenvalue weighted by atomic mass is 10.2. The number of hydrogen-bond acceptors (Lipinski definition) is 2. The molecule has 0 spiro atoms. The molecule has 0 aliphatic carbocycles. The van der Waals surface area contributed by atoms with Gasteiger partial charge in [0.1, 0.15) is 0 Å². The maximum Gasteiger partial charge on any atom is 0.252 e. The quantitative estimate of drug-likeness (QED) is 0.833. The van der Waals surface area contributed by atoms with Crippen LogP contribution in [0.2, 0.25) is 15.1 Å². The van der Waals surface area contributed by atoms with E-state index in [0.29, 0.717) is 28.7 Å². The number of nitrogens with zero attached hydrogens (tertiary/aromatic N) is 2. The SMILES string of the molecule is Cc1nn(CCCNC(=O)c2cccc(Cl)c2Cl)cc1Cl. The number of benzene rings is 1. The van der Waals surface area contributed by atoms with Gasteiger partial charge in [0.05, 0.1) is 26.3 Å². The first-order chi connectivity index (χ1) is 9.99. The Hall–Kier alpha value is -1.23. The summed E-state index contributed by atoms with van der Waals surface area (Å²) in [6, 6.07) is 4.97. The molecule has 1 N–H and O–H groups in total. The molecule has 112 valence electrons. The first-order valence-electron chi connectivity index (χ1n) is 6.41. The smallest absolute Gasteiger partial charge is 0.252 e. The molecule has 2 aromatic rings. The Balaban J connectivity index is 1.83. The Bertz CT molecular complexity index is 635. The molecule has 21 heavy (non-hydrogen) atoms. The molecular formula is C14H14Cl3N3O. The molecular weight excluding hydrogens is 333 g/mol. The average Bonchev–Trinajstić information content (AvgIpc) is 2.76. The molecule has 0 radical (unpaired) electrons. The highest BCUT2D eigenvalue weighted by Gasteiger charge is 2.11. The van der Waals surface area contributed by atoms with Crippen LogP contribution in [-0.2, 0) is 6.54 Å². The molecule has 0 saturated heterocycles. The highest BCUT2D eigenvalue weighted by molar-refractivity contribution is 6.43. The molecule has 1 amide bonds. The molecule has 1 heterocycles. The Kier molecular flexibility index (Phi) is 5.51. The summed E-state index contributed by atoms with van der Waals surface area (Å²) in [6.07, 6.45) is 2.51. The minimum Gasteiger partial charge on any atom is -0.352 e. The van der Waals surface area contributed by atoms with Gasteiger partial charge in [-0.3, -0.25) is 9.48 Å². The van der Waals surface area contributed by atoms with E-state index in [1.165, 1.54) is 0 Å². The molecule has 0 aliphatic rings. The van der Waals surface area contributed by atoms with Crippen molar-refractivity contribution in [2.45, 2.75) is 19.9 Å². The molecule has 0 fully saturated rings. The van der Waals surface area contributed by atoms with Crippen LogP contribution in [0.4, 0.5) is 0 Å². The summed E-state index contributed by atoms with van der Waals surface area (Å²) in [5.41, 5.74) is 1.17. The van der Waals surface area contributed by atoms with Crippen molar-refractivity contribution in [2.75, 3.05) is 6.54 Å². The van der Waals surface area contributed by atoms with Gasteiger partial charge in [-0.2, -0.15) is 5.10 Å². The zero-order valence-electron chi connectivity index (χ0n) is 11.4. The molecule has 0 saturated carbocycles. The van der Waals surface area contributed by atoms with Gasteiger partial charge < -0.3 is 5.32 Å². The van der Waals surface area contributed by atoms with Crippen molar-refractivity contribution in [3.63, 3.8) is 0 Å². The van der Waals surface area contributed by atoms with Gasteiger partial charge in [0.15, 0.2) is 0 Å². The Morgan fingerprint density at radius 3 is 2.71 bits per heavy atom. The number of carbonyl (C=O) groups excluding carboxylic acids is 1. The third-order valence-corrected chi connectivity index (χ3v) is 4.12. The predicted molar refractivity (Wildman–Crippen MR) is 85.4 cm³/mol. The minimum atomic E-state index is -0.239. The first-order valence-corrected chi connectivity index (χ1v) is 7.54. The van der Waals surface area contributed by atoms with Crippen molar-refractivity contribution < 1.29 is 4.79 Å². The minimum absolute atomic E-state index is 0.239. The Morgan fingerprint density at radius 2 is 2.05 bits per heavy atom. The third-order valence-electron chi connectivity index (χ3n) is 2.93. The van der Waals surface area contributed by atoms with Crippen LogP contribution in [0, 0.1) is 6.92 Å². The van der Waals surface area contributed by atoms with E-state index in [4.69, 9.17) is 34.8 Å². The molecule has 0 aliphatic heterocycles. The lowest BCUT2D eigenvalue weighted by Gasteiger charge is -2.07. The molecule has 1 aromatic carbocycles. The summed E-state index contributed by atoms with van der Waals surface area (Å²) in [7, 11) is 0. The van der Waals surface area contributed by atoms with E-state index in [1.807, 2.05) is 6.92 Å². The molecule has 2 rings (SSSR count). The normalized spacial score (nSPS) is 10.7. The van der Waals surface area contributed by atoms with E-state index < -0.39 is 0 Å². The summed E-state index contributed by atoms with van der Waals surface area (Å²) in [4.78, 5) is 12.0. The van der Waals surface area contributed by atoms with Gasteiger partial charge in [0.25, 0.3) is 5.91 Å². The zero-order chi connectivity index (χ0) is 15.4. The van der Waals surface area contributed by atoms with Gasteiger partial charge >= 0.3 is 0 Å². The van der Waals surface area contributed by atoms with E-state index >= 15 is 0 Å². The second-order valence-corrected chi connectivity index (χ2v) is 5.73. The third kappa shape index (κ3) is 4.13. The predicted octanol–water partition coefficient (Wildman–Crippen LogP) is 3.97. The van der Waals surface area contributed by atoms with Crippen LogP contribution in [0.3, 0.4) is 0 Å². The van der Waals surface area contributed by atoms with Crippen LogP contribution in [0.15, 0.2) is 24.4 Å². The summed E-state index contributed by atoms with van der Waals surface area (Å²) in [5, 5.41) is 8.33. The largest absolute Gasteiger partial charge is 0.352 e. The standard InChI is InChI=1S/C14H14Cl3N3O/c1-9-12(16)8-20(19-9)7-3-6-18-14(21)10-4-2-5-11(15)13(10)17/h2,4-5,8H,3,6-7H2,1H3,(H,18,21). The summed E-state index contributed by atoms with van der Waals surface area (Å²) in [5.74, 6) is -0.239. The topological polar surface area (TPSA) is 46.9 Å². The van der Waals surface area contributed by atoms with Crippen LogP contribution in [0.5, 0.6) is 0 Å². The maximum atomic E-state index is 12.0. The number of amides is 1. The van der Waals surface area contributed by atoms with E-state index in [2.05, 4.69) is 10.4 Å². The fraction of sp³-hybridized carbons (Fsp3) is 0.286. The van der Waals surface area contributed by atoms with Crippen molar-refractivity contribution in [3.8, 4) is 0 Å². The fourth-order valence-electron chi connectivity index (χ4n) is 1.83. The number of rotatable bonds is 5. The molecule has 0 unspecified atom stereocenters. The molecule has 0 atom stereocenters. The summed E-state index contributed by atoms with van der Waals surface area (Å²) in [6.45, 7) is 3.04. The number of aromatic nitrogens is 2. The number of hydrogen-bond donors (Lipinski definition) is 1. The second kappa shape index (κ2) is 7.16. The van der Waals surface area contributed by atoms with Gasteiger partial charge in [0.2, 0.25) is 0 Å². The number of carbonyl (C=O) groups is 1. The van der Waals surface area contributed by atoms with Gasteiger partial charge in [0, 0.05) is 19.3 Å². The van der Waals surface area contributed by atoms with Crippen molar-refractivity contribution in [1.82, 2.24) is 15.1 Å². The van der Waals surface area contributed by atoms with Gasteiger partial charge in [-0.25, -0.2) is 0 Å². The van der Waals surface area contributed by atoms with Crippen molar-refractivity contribution in [1.29, 1.82) is 0 Å². The summed E-state index contributed by atoms with van der Waals surface area (Å²) >= 11 is 17.8. The molecule has 0 bridgehead atoms.